The Hall–Kier alpha value is -1.47. The minimum Gasteiger partial charge on any atom is -0.468 e. The zero-order chi connectivity index (χ0) is 13.9. The lowest BCUT2D eigenvalue weighted by molar-refractivity contribution is -0.142. The number of hydrogen-bond donors (Lipinski definition) is 1. The summed E-state index contributed by atoms with van der Waals surface area (Å²) in [6.45, 7) is 2.84. The van der Waals surface area contributed by atoms with Crippen molar-refractivity contribution < 1.29 is 22.3 Å². The number of aryl methyl sites for hydroxylation is 1. The zero-order valence-corrected chi connectivity index (χ0v) is 11.0. The molecule has 0 saturated heterocycles. The number of esters is 1. The number of benzene rings is 1. The maximum absolute atomic E-state index is 12.9. The third-order valence-electron chi connectivity index (χ3n) is 2.31. The monoisotopic (exact) mass is 275 g/mol. The van der Waals surface area contributed by atoms with Crippen LogP contribution >= 0.6 is 0 Å². The summed E-state index contributed by atoms with van der Waals surface area (Å²) < 4.78 is 43.4. The van der Waals surface area contributed by atoms with E-state index in [1.165, 1.54) is 13.8 Å². The number of sulfonamides is 1. The van der Waals surface area contributed by atoms with Crippen LogP contribution in [0.2, 0.25) is 0 Å². The van der Waals surface area contributed by atoms with Gasteiger partial charge in [0.25, 0.3) is 0 Å². The first kappa shape index (κ1) is 14.6. The molecule has 1 unspecified atom stereocenters. The predicted octanol–water partition coefficient (Wildman–Crippen LogP) is 0.974. The summed E-state index contributed by atoms with van der Waals surface area (Å²) in [6.07, 6.45) is 0. The van der Waals surface area contributed by atoms with Crippen molar-refractivity contribution in [3.05, 3.63) is 29.6 Å². The van der Waals surface area contributed by atoms with Gasteiger partial charge in [0.1, 0.15) is 11.9 Å². The van der Waals surface area contributed by atoms with E-state index in [0.717, 1.165) is 25.3 Å². The van der Waals surface area contributed by atoms with Crippen molar-refractivity contribution in [1.82, 2.24) is 4.72 Å². The van der Waals surface area contributed by atoms with E-state index in [1.807, 2.05) is 0 Å². The molecule has 1 N–H and O–H groups in total. The second-order valence-corrected chi connectivity index (χ2v) is 5.46. The fraction of sp³-hybridized carbons (Fsp3) is 0.364. The van der Waals surface area contributed by atoms with Gasteiger partial charge >= 0.3 is 5.97 Å². The summed E-state index contributed by atoms with van der Waals surface area (Å²) in [4.78, 5) is 11.1. The second kappa shape index (κ2) is 5.45. The van der Waals surface area contributed by atoms with Crippen LogP contribution in [0, 0.1) is 12.7 Å². The van der Waals surface area contributed by atoms with Crippen molar-refractivity contribution in [1.29, 1.82) is 0 Å². The molecule has 0 aliphatic carbocycles. The molecule has 0 aromatic heterocycles. The molecule has 0 fully saturated rings. The van der Waals surface area contributed by atoms with E-state index in [1.54, 1.807) is 0 Å². The summed E-state index contributed by atoms with van der Waals surface area (Å²) >= 11 is 0. The van der Waals surface area contributed by atoms with Crippen LogP contribution in [0.15, 0.2) is 23.1 Å². The quantitative estimate of drug-likeness (QED) is 0.831. The number of nitrogens with one attached hydrogen (secondary N) is 1. The van der Waals surface area contributed by atoms with Crippen LogP contribution in [-0.2, 0) is 19.6 Å². The maximum Gasteiger partial charge on any atom is 0.323 e. The highest BCUT2D eigenvalue weighted by molar-refractivity contribution is 7.89. The molecule has 1 rings (SSSR count). The topological polar surface area (TPSA) is 72.5 Å². The Morgan fingerprint density at radius 2 is 2.06 bits per heavy atom. The molecule has 1 aromatic carbocycles. The Bertz CT molecular complexity index is 556. The van der Waals surface area contributed by atoms with Crippen molar-refractivity contribution in [3.8, 4) is 0 Å². The number of rotatable bonds is 4. The summed E-state index contributed by atoms with van der Waals surface area (Å²) in [5.74, 6) is -1.22. The minimum absolute atomic E-state index is 0.0698. The Kier molecular flexibility index (Phi) is 4.42. The van der Waals surface area contributed by atoms with Crippen molar-refractivity contribution in [3.63, 3.8) is 0 Å². The van der Waals surface area contributed by atoms with Crippen LogP contribution in [0.3, 0.4) is 0 Å². The van der Waals surface area contributed by atoms with Gasteiger partial charge in [-0.15, -0.1) is 0 Å². The number of halogens is 1. The summed E-state index contributed by atoms with van der Waals surface area (Å²) in [6, 6.07) is 2.29. The van der Waals surface area contributed by atoms with Gasteiger partial charge in [-0.05, 0) is 37.6 Å². The molecule has 0 saturated carbocycles. The summed E-state index contributed by atoms with van der Waals surface area (Å²) in [5, 5.41) is 0. The van der Waals surface area contributed by atoms with Gasteiger partial charge in [0.05, 0.1) is 12.0 Å². The zero-order valence-electron chi connectivity index (χ0n) is 10.2. The normalized spacial score (nSPS) is 13.1. The van der Waals surface area contributed by atoms with E-state index in [4.69, 9.17) is 0 Å². The largest absolute Gasteiger partial charge is 0.468 e. The highest BCUT2D eigenvalue weighted by Crippen LogP contribution is 2.16. The van der Waals surface area contributed by atoms with E-state index in [-0.39, 0.29) is 10.5 Å². The van der Waals surface area contributed by atoms with Crippen LogP contribution < -0.4 is 4.72 Å². The van der Waals surface area contributed by atoms with Gasteiger partial charge in [0.15, 0.2) is 0 Å². The summed E-state index contributed by atoms with van der Waals surface area (Å²) in [7, 11) is -2.72. The fourth-order valence-corrected chi connectivity index (χ4v) is 2.85. The molecule has 0 heterocycles. The van der Waals surface area contributed by atoms with Crippen molar-refractivity contribution >= 4 is 16.0 Å². The first-order valence-corrected chi connectivity index (χ1v) is 6.62. The lowest BCUT2D eigenvalue weighted by atomic mass is 10.2. The first-order valence-electron chi connectivity index (χ1n) is 5.14. The molecule has 0 aliphatic rings. The van der Waals surface area contributed by atoms with Crippen LogP contribution in [0.25, 0.3) is 0 Å². The molecule has 18 heavy (non-hydrogen) atoms. The predicted molar refractivity (Wildman–Crippen MR) is 62.9 cm³/mol. The van der Waals surface area contributed by atoms with Gasteiger partial charge in [-0.1, -0.05) is 0 Å². The number of ether oxygens (including phenoxy) is 1. The molecule has 1 atom stereocenters. The standard InChI is InChI=1S/C11H14FNO4S/c1-7-6-9(12)4-5-10(7)18(15,16)13-8(2)11(14)17-3/h4-6,8,13H,1-3H3. The van der Waals surface area contributed by atoms with Crippen LogP contribution in [-0.4, -0.2) is 27.5 Å². The molecular formula is C11H14FNO4S. The molecule has 0 aliphatic heterocycles. The number of hydrogen-bond acceptors (Lipinski definition) is 4. The molecule has 100 valence electrons. The lowest BCUT2D eigenvalue weighted by Gasteiger charge is -2.13. The average molecular weight is 275 g/mol. The minimum atomic E-state index is -3.88. The Labute approximate surface area is 105 Å². The number of methoxy groups -OCH3 is 1. The van der Waals surface area contributed by atoms with E-state index < -0.39 is 27.9 Å². The Morgan fingerprint density at radius 1 is 1.44 bits per heavy atom. The molecule has 0 radical (unpaired) electrons. The van der Waals surface area contributed by atoms with Gasteiger partial charge in [0, 0.05) is 0 Å². The van der Waals surface area contributed by atoms with Crippen molar-refractivity contribution in [2.75, 3.05) is 7.11 Å². The molecule has 1 aromatic rings. The highest BCUT2D eigenvalue weighted by atomic mass is 32.2. The number of carbonyl (C=O) groups excluding carboxylic acids is 1. The van der Waals surface area contributed by atoms with Gasteiger partial charge in [-0.3, -0.25) is 4.79 Å². The van der Waals surface area contributed by atoms with Crippen LogP contribution in [0.4, 0.5) is 4.39 Å². The third kappa shape index (κ3) is 3.27. The number of carbonyl (C=O) groups is 1. The van der Waals surface area contributed by atoms with Gasteiger partial charge < -0.3 is 4.74 Å². The smallest absolute Gasteiger partial charge is 0.323 e. The Balaban J connectivity index is 3.04. The fourth-order valence-electron chi connectivity index (χ4n) is 1.44. The molecule has 0 amide bonds. The van der Waals surface area contributed by atoms with E-state index in [2.05, 4.69) is 9.46 Å². The van der Waals surface area contributed by atoms with Gasteiger partial charge in [-0.2, -0.15) is 4.72 Å². The van der Waals surface area contributed by atoms with Gasteiger partial charge in [0.2, 0.25) is 10.0 Å². The average Bonchev–Trinajstić information content (AvgIpc) is 2.26. The van der Waals surface area contributed by atoms with Crippen LogP contribution in [0.5, 0.6) is 0 Å². The molecular weight excluding hydrogens is 261 g/mol. The second-order valence-electron chi connectivity index (χ2n) is 3.78. The SMILES string of the molecule is COC(=O)C(C)NS(=O)(=O)c1ccc(F)cc1C. The van der Waals surface area contributed by atoms with Crippen molar-refractivity contribution in [2.24, 2.45) is 0 Å². The molecule has 5 nitrogen and oxygen atoms in total. The molecule has 0 bridgehead atoms. The van der Waals surface area contributed by atoms with Gasteiger partial charge in [-0.25, -0.2) is 12.8 Å². The van der Waals surface area contributed by atoms with Crippen molar-refractivity contribution in [2.45, 2.75) is 24.8 Å². The third-order valence-corrected chi connectivity index (χ3v) is 4.01. The maximum atomic E-state index is 12.9. The first-order chi connectivity index (χ1) is 8.27. The molecule has 0 spiro atoms. The highest BCUT2D eigenvalue weighted by Gasteiger charge is 2.23. The Morgan fingerprint density at radius 3 is 2.56 bits per heavy atom. The van der Waals surface area contributed by atoms with E-state index in [0.29, 0.717) is 0 Å². The lowest BCUT2D eigenvalue weighted by Crippen LogP contribution is -2.39. The van der Waals surface area contributed by atoms with E-state index in [9.17, 15) is 17.6 Å². The molecule has 7 heteroatoms. The summed E-state index contributed by atoms with van der Waals surface area (Å²) in [5.41, 5.74) is 0.263. The van der Waals surface area contributed by atoms with Crippen LogP contribution in [0.1, 0.15) is 12.5 Å². The van der Waals surface area contributed by atoms with E-state index >= 15 is 0 Å².